The number of aromatic nitrogens is 1. The third-order valence-electron chi connectivity index (χ3n) is 1.60. The van der Waals surface area contributed by atoms with Gasteiger partial charge in [-0.05, 0) is 19.1 Å². The molecular formula is C10H10N2. The molecule has 0 saturated carbocycles. The number of hydrogen-bond donors (Lipinski definition) is 0. The second-order valence-corrected chi connectivity index (χ2v) is 2.38. The van der Waals surface area contributed by atoms with Gasteiger partial charge >= 0.3 is 0 Å². The van der Waals surface area contributed by atoms with Crippen LogP contribution in [0.1, 0.15) is 19.0 Å². The van der Waals surface area contributed by atoms with E-state index in [1.54, 1.807) is 6.07 Å². The molecule has 2 heteroatoms. The largest absolute Gasteiger partial charge is 0.339 e. The molecule has 1 aromatic heterocycles. The molecule has 0 aliphatic rings. The first-order valence-electron chi connectivity index (χ1n) is 3.83. The van der Waals surface area contributed by atoms with Crippen LogP contribution in [0.25, 0.3) is 0 Å². The summed E-state index contributed by atoms with van der Waals surface area (Å²) in [6.07, 6.45) is 2.70. The Morgan fingerprint density at radius 2 is 2.42 bits per heavy atom. The molecule has 2 nitrogen and oxygen atoms in total. The molecular weight excluding hydrogens is 148 g/mol. The predicted molar refractivity (Wildman–Crippen MR) is 47.2 cm³/mol. The van der Waals surface area contributed by atoms with E-state index >= 15 is 0 Å². The van der Waals surface area contributed by atoms with Gasteiger partial charge in [0.1, 0.15) is 11.8 Å². The van der Waals surface area contributed by atoms with Gasteiger partial charge < -0.3 is 4.57 Å². The van der Waals surface area contributed by atoms with Crippen molar-refractivity contribution >= 4 is 0 Å². The lowest BCUT2D eigenvalue weighted by Gasteiger charge is -1.98. The minimum atomic E-state index is 0.702. The van der Waals surface area contributed by atoms with Crippen molar-refractivity contribution < 1.29 is 0 Å². The van der Waals surface area contributed by atoms with Crippen molar-refractivity contribution in [3.8, 4) is 17.9 Å². The summed E-state index contributed by atoms with van der Waals surface area (Å²) in [6, 6.07) is 5.80. The lowest BCUT2D eigenvalue weighted by molar-refractivity contribution is 0.715. The number of hydrogen-bond acceptors (Lipinski definition) is 1. The Hall–Kier alpha value is -1.67. The quantitative estimate of drug-likeness (QED) is 0.603. The summed E-state index contributed by atoms with van der Waals surface area (Å²) in [6.45, 7) is 2.62. The number of nitrogens with zero attached hydrogens (tertiary/aromatic N) is 2. The summed E-state index contributed by atoms with van der Waals surface area (Å²) >= 11 is 0. The predicted octanol–water partition coefficient (Wildman–Crippen LogP) is 1.77. The Morgan fingerprint density at radius 3 is 3.08 bits per heavy atom. The van der Waals surface area contributed by atoms with Gasteiger partial charge in [-0.15, -0.1) is 11.8 Å². The SMILES string of the molecule is CC#CCCn1cccc1C#N. The fourth-order valence-corrected chi connectivity index (χ4v) is 1.01. The summed E-state index contributed by atoms with van der Waals surface area (Å²) in [5, 5.41) is 8.66. The summed E-state index contributed by atoms with van der Waals surface area (Å²) in [5.74, 6) is 5.78. The van der Waals surface area contributed by atoms with Gasteiger partial charge in [0.25, 0.3) is 0 Å². The highest BCUT2D eigenvalue weighted by molar-refractivity contribution is 5.22. The highest BCUT2D eigenvalue weighted by atomic mass is 15.0. The molecule has 0 aliphatic carbocycles. The molecule has 60 valence electrons. The smallest absolute Gasteiger partial charge is 0.120 e. The van der Waals surface area contributed by atoms with Gasteiger partial charge in [-0.2, -0.15) is 5.26 Å². The molecule has 0 spiro atoms. The molecule has 1 aromatic rings. The van der Waals surface area contributed by atoms with Crippen LogP contribution in [0.5, 0.6) is 0 Å². The Labute approximate surface area is 72.4 Å². The molecule has 12 heavy (non-hydrogen) atoms. The van der Waals surface area contributed by atoms with E-state index in [4.69, 9.17) is 5.26 Å². The first-order chi connectivity index (χ1) is 5.88. The van der Waals surface area contributed by atoms with Gasteiger partial charge in [0.05, 0.1) is 0 Å². The van der Waals surface area contributed by atoms with Gasteiger partial charge in [-0.1, -0.05) is 0 Å². The van der Waals surface area contributed by atoms with Gasteiger partial charge in [0.15, 0.2) is 0 Å². The third kappa shape index (κ3) is 1.90. The fourth-order valence-electron chi connectivity index (χ4n) is 1.01. The minimum Gasteiger partial charge on any atom is -0.339 e. The summed E-state index contributed by atoms with van der Waals surface area (Å²) in [7, 11) is 0. The zero-order valence-corrected chi connectivity index (χ0v) is 7.04. The second kappa shape index (κ2) is 4.26. The fraction of sp³-hybridized carbons (Fsp3) is 0.300. The number of aryl methyl sites for hydroxylation is 1. The van der Waals surface area contributed by atoms with Gasteiger partial charge in [-0.3, -0.25) is 0 Å². The van der Waals surface area contributed by atoms with E-state index in [-0.39, 0.29) is 0 Å². The van der Waals surface area contributed by atoms with Crippen molar-refractivity contribution in [3.05, 3.63) is 24.0 Å². The second-order valence-electron chi connectivity index (χ2n) is 2.38. The maximum atomic E-state index is 8.66. The van der Waals surface area contributed by atoms with Gasteiger partial charge in [-0.25, -0.2) is 0 Å². The van der Waals surface area contributed by atoms with Crippen molar-refractivity contribution in [2.75, 3.05) is 0 Å². The highest BCUT2D eigenvalue weighted by Gasteiger charge is 1.95. The third-order valence-corrected chi connectivity index (χ3v) is 1.60. The van der Waals surface area contributed by atoms with E-state index in [0.29, 0.717) is 5.69 Å². The summed E-state index contributed by atoms with van der Waals surface area (Å²) in [5.41, 5.74) is 0.702. The highest BCUT2D eigenvalue weighted by Crippen LogP contribution is 2.00. The molecule has 1 rings (SSSR count). The molecule has 1 heterocycles. The van der Waals surface area contributed by atoms with Crippen molar-refractivity contribution in [1.82, 2.24) is 4.57 Å². The molecule has 0 aliphatic heterocycles. The Morgan fingerprint density at radius 1 is 1.58 bits per heavy atom. The molecule has 0 radical (unpaired) electrons. The Bertz CT molecular complexity index is 344. The van der Waals surface area contributed by atoms with E-state index in [9.17, 15) is 0 Å². The van der Waals surface area contributed by atoms with Crippen LogP contribution in [0.4, 0.5) is 0 Å². The molecule has 0 fully saturated rings. The van der Waals surface area contributed by atoms with Crippen LogP contribution in [-0.2, 0) is 6.54 Å². The van der Waals surface area contributed by atoms with Gasteiger partial charge in [0, 0.05) is 19.2 Å². The lowest BCUT2D eigenvalue weighted by Crippen LogP contribution is -1.97. The van der Waals surface area contributed by atoms with Crippen molar-refractivity contribution in [3.63, 3.8) is 0 Å². The van der Waals surface area contributed by atoms with Crippen LogP contribution in [0.3, 0.4) is 0 Å². The standard InChI is InChI=1S/C10H10N2/c1-2-3-4-7-12-8-5-6-10(12)9-11/h5-6,8H,4,7H2,1H3. The topological polar surface area (TPSA) is 28.7 Å². The van der Waals surface area contributed by atoms with Crippen LogP contribution in [0.15, 0.2) is 18.3 Å². The first-order valence-corrected chi connectivity index (χ1v) is 3.83. The van der Waals surface area contributed by atoms with Crippen LogP contribution >= 0.6 is 0 Å². The molecule has 0 amide bonds. The van der Waals surface area contributed by atoms with Crippen LogP contribution in [0, 0.1) is 23.2 Å². The normalized spacial score (nSPS) is 8.33. The minimum absolute atomic E-state index is 0.702. The zero-order valence-electron chi connectivity index (χ0n) is 7.04. The summed E-state index contributed by atoms with van der Waals surface area (Å²) in [4.78, 5) is 0. The average molecular weight is 158 g/mol. The molecule has 0 N–H and O–H groups in total. The van der Waals surface area contributed by atoms with Crippen molar-refractivity contribution in [1.29, 1.82) is 5.26 Å². The maximum Gasteiger partial charge on any atom is 0.120 e. The molecule has 0 aromatic carbocycles. The lowest BCUT2D eigenvalue weighted by atomic mass is 10.4. The van der Waals surface area contributed by atoms with Crippen molar-refractivity contribution in [2.24, 2.45) is 0 Å². The maximum absolute atomic E-state index is 8.66. The molecule has 0 bridgehead atoms. The van der Waals surface area contributed by atoms with Gasteiger partial charge in [0.2, 0.25) is 0 Å². The zero-order chi connectivity index (χ0) is 8.81. The summed E-state index contributed by atoms with van der Waals surface area (Å²) < 4.78 is 1.91. The number of rotatable bonds is 2. The Balaban J connectivity index is 2.61. The molecule has 0 saturated heterocycles. The van der Waals surface area contributed by atoms with E-state index < -0.39 is 0 Å². The van der Waals surface area contributed by atoms with Crippen LogP contribution in [0.2, 0.25) is 0 Å². The monoisotopic (exact) mass is 158 g/mol. The molecule has 0 unspecified atom stereocenters. The van der Waals surface area contributed by atoms with E-state index in [0.717, 1.165) is 13.0 Å². The van der Waals surface area contributed by atoms with E-state index in [1.165, 1.54) is 0 Å². The molecule has 0 atom stereocenters. The Kier molecular flexibility index (Phi) is 2.99. The average Bonchev–Trinajstić information content (AvgIpc) is 2.52. The first kappa shape index (κ1) is 8.43. The van der Waals surface area contributed by atoms with E-state index in [1.807, 2.05) is 23.8 Å². The van der Waals surface area contributed by atoms with Crippen LogP contribution in [-0.4, -0.2) is 4.57 Å². The van der Waals surface area contributed by atoms with E-state index in [2.05, 4.69) is 17.9 Å². The number of nitriles is 1. The van der Waals surface area contributed by atoms with Crippen molar-refractivity contribution in [2.45, 2.75) is 19.9 Å². The van der Waals surface area contributed by atoms with Crippen LogP contribution < -0.4 is 0 Å².